The van der Waals surface area contributed by atoms with E-state index in [2.05, 4.69) is 10.9 Å². The summed E-state index contributed by atoms with van der Waals surface area (Å²) in [4.78, 5) is 4.02. The second-order valence-corrected chi connectivity index (χ2v) is 2.78. The van der Waals surface area contributed by atoms with E-state index in [9.17, 15) is 5.11 Å². The van der Waals surface area contributed by atoms with Gasteiger partial charge in [0, 0.05) is 6.07 Å². The van der Waals surface area contributed by atoms with Crippen molar-refractivity contribution in [2.24, 2.45) is 0 Å². The molecule has 0 fully saturated rings. The van der Waals surface area contributed by atoms with Gasteiger partial charge in [-0.2, -0.15) is 0 Å². The fourth-order valence-electron chi connectivity index (χ4n) is 0.874. The van der Waals surface area contributed by atoms with E-state index in [1.807, 2.05) is 0 Å². The number of hydrogen-bond acceptors (Lipinski definition) is 3. The minimum atomic E-state index is -1.34. The van der Waals surface area contributed by atoms with E-state index in [-0.39, 0.29) is 0 Å². The summed E-state index contributed by atoms with van der Waals surface area (Å²) in [6.07, 6.45) is 5.15. The fraction of sp³-hybridized carbons (Fsp3) is 0.300. The van der Waals surface area contributed by atoms with Crippen LogP contribution in [0.3, 0.4) is 0 Å². The standard InChI is InChI=1S/C10H11NO2/c1-4-10(2,12)8-6-5-7-9(11-8)13-3/h1,5-7,12H,2-3H3. The van der Waals surface area contributed by atoms with Crippen molar-refractivity contribution < 1.29 is 9.84 Å². The topological polar surface area (TPSA) is 42.4 Å². The molecule has 68 valence electrons. The molecule has 1 rings (SSSR count). The van der Waals surface area contributed by atoms with E-state index in [4.69, 9.17) is 11.2 Å². The highest BCUT2D eigenvalue weighted by Crippen LogP contribution is 2.19. The van der Waals surface area contributed by atoms with E-state index in [1.54, 1.807) is 18.2 Å². The van der Waals surface area contributed by atoms with Crippen LogP contribution in [-0.2, 0) is 5.60 Å². The third kappa shape index (κ3) is 1.98. The molecule has 0 amide bonds. The SMILES string of the molecule is C#CC(C)(O)c1cccc(OC)n1. The van der Waals surface area contributed by atoms with Gasteiger partial charge in [0.15, 0.2) is 5.60 Å². The van der Waals surface area contributed by atoms with Crippen LogP contribution >= 0.6 is 0 Å². The van der Waals surface area contributed by atoms with Gasteiger partial charge in [0.1, 0.15) is 0 Å². The summed E-state index contributed by atoms with van der Waals surface area (Å²) in [6.45, 7) is 1.51. The molecular weight excluding hydrogens is 166 g/mol. The van der Waals surface area contributed by atoms with E-state index >= 15 is 0 Å². The van der Waals surface area contributed by atoms with Gasteiger partial charge in [-0.1, -0.05) is 12.0 Å². The van der Waals surface area contributed by atoms with Crippen LogP contribution in [0.5, 0.6) is 5.88 Å². The first-order valence-electron chi connectivity index (χ1n) is 3.82. The zero-order chi connectivity index (χ0) is 9.90. The number of nitrogens with zero attached hydrogens (tertiary/aromatic N) is 1. The number of aliphatic hydroxyl groups is 1. The monoisotopic (exact) mass is 177 g/mol. The summed E-state index contributed by atoms with van der Waals surface area (Å²) in [5.41, 5.74) is -0.927. The smallest absolute Gasteiger partial charge is 0.213 e. The van der Waals surface area contributed by atoms with Gasteiger partial charge in [-0.15, -0.1) is 6.42 Å². The number of pyridine rings is 1. The maximum atomic E-state index is 9.66. The maximum absolute atomic E-state index is 9.66. The molecule has 0 aliphatic rings. The Labute approximate surface area is 77.4 Å². The fourth-order valence-corrected chi connectivity index (χ4v) is 0.874. The van der Waals surface area contributed by atoms with Crippen LogP contribution in [0.4, 0.5) is 0 Å². The lowest BCUT2D eigenvalue weighted by Gasteiger charge is -2.15. The lowest BCUT2D eigenvalue weighted by Crippen LogP contribution is -2.19. The largest absolute Gasteiger partial charge is 0.481 e. The molecule has 0 radical (unpaired) electrons. The number of hydrogen-bond donors (Lipinski definition) is 1. The Morgan fingerprint density at radius 1 is 1.62 bits per heavy atom. The van der Waals surface area contributed by atoms with Crippen molar-refractivity contribution in [3.05, 3.63) is 23.9 Å². The molecule has 1 atom stereocenters. The Bertz CT molecular complexity index is 339. The Hall–Kier alpha value is -1.53. The summed E-state index contributed by atoms with van der Waals surface area (Å²) in [5.74, 6) is 2.68. The van der Waals surface area contributed by atoms with Crippen LogP contribution < -0.4 is 4.74 Å². The number of ether oxygens (including phenoxy) is 1. The maximum Gasteiger partial charge on any atom is 0.213 e. The van der Waals surface area contributed by atoms with Crippen LogP contribution in [0, 0.1) is 12.3 Å². The third-order valence-corrected chi connectivity index (χ3v) is 1.71. The molecule has 0 saturated carbocycles. The molecule has 1 heterocycles. The van der Waals surface area contributed by atoms with Crippen LogP contribution in [0.2, 0.25) is 0 Å². The van der Waals surface area contributed by atoms with Crippen LogP contribution in [0.1, 0.15) is 12.6 Å². The number of aromatic nitrogens is 1. The van der Waals surface area contributed by atoms with E-state index in [0.717, 1.165) is 0 Å². The van der Waals surface area contributed by atoms with E-state index < -0.39 is 5.60 Å². The third-order valence-electron chi connectivity index (χ3n) is 1.71. The Kier molecular flexibility index (Phi) is 2.54. The number of rotatable bonds is 2. The quantitative estimate of drug-likeness (QED) is 0.683. The van der Waals surface area contributed by atoms with Crippen molar-refractivity contribution in [3.8, 4) is 18.2 Å². The molecule has 1 aromatic rings. The summed E-state index contributed by atoms with van der Waals surface area (Å²) in [7, 11) is 1.51. The van der Waals surface area contributed by atoms with Crippen molar-refractivity contribution in [1.82, 2.24) is 4.98 Å². The molecular formula is C10H11NO2. The highest BCUT2D eigenvalue weighted by atomic mass is 16.5. The molecule has 13 heavy (non-hydrogen) atoms. The molecule has 0 saturated heterocycles. The first-order valence-corrected chi connectivity index (χ1v) is 3.82. The Morgan fingerprint density at radius 3 is 2.85 bits per heavy atom. The molecule has 0 aliphatic heterocycles. The van der Waals surface area contributed by atoms with Crippen molar-refractivity contribution >= 4 is 0 Å². The van der Waals surface area contributed by atoms with Crippen molar-refractivity contribution in [3.63, 3.8) is 0 Å². The summed E-state index contributed by atoms with van der Waals surface area (Å²) < 4.78 is 4.90. The predicted molar refractivity (Wildman–Crippen MR) is 49.2 cm³/mol. The van der Waals surface area contributed by atoms with E-state index in [1.165, 1.54) is 14.0 Å². The highest BCUT2D eigenvalue weighted by molar-refractivity contribution is 5.26. The molecule has 1 unspecified atom stereocenters. The van der Waals surface area contributed by atoms with Crippen LogP contribution in [0.15, 0.2) is 18.2 Å². The molecule has 1 N–H and O–H groups in total. The minimum Gasteiger partial charge on any atom is -0.481 e. The number of terminal acetylenes is 1. The highest BCUT2D eigenvalue weighted by Gasteiger charge is 2.21. The zero-order valence-electron chi connectivity index (χ0n) is 7.61. The molecule has 0 aliphatic carbocycles. The molecule has 3 heteroatoms. The molecule has 0 spiro atoms. The molecule has 1 aromatic heterocycles. The summed E-state index contributed by atoms with van der Waals surface area (Å²) in [6, 6.07) is 5.07. The normalized spacial score (nSPS) is 14.3. The van der Waals surface area contributed by atoms with Gasteiger partial charge in [0.25, 0.3) is 0 Å². The average molecular weight is 177 g/mol. The van der Waals surface area contributed by atoms with Gasteiger partial charge in [0.2, 0.25) is 5.88 Å². The Morgan fingerprint density at radius 2 is 2.31 bits per heavy atom. The zero-order valence-corrected chi connectivity index (χ0v) is 7.61. The lowest BCUT2D eigenvalue weighted by molar-refractivity contribution is 0.116. The van der Waals surface area contributed by atoms with Crippen molar-refractivity contribution in [1.29, 1.82) is 0 Å². The van der Waals surface area contributed by atoms with Crippen LogP contribution in [0.25, 0.3) is 0 Å². The van der Waals surface area contributed by atoms with Gasteiger partial charge in [0.05, 0.1) is 12.8 Å². The molecule has 0 aromatic carbocycles. The van der Waals surface area contributed by atoms with Gasteiger partial charge in [-0.05, 0) is 13.0 Å². The lowest BCUT2D eigenvalue weighted by atomic mass is 10.0. The second kappa shape index (κ2) is 3.46. The molecule has 3 nitrogen and oxygen atoms in total. The van der Waals surface area contributed by atoms with Gasteiger partial charge in [-0.25, -0.2) is 4.98 Å². The summed E-state index contributed by atoms with van der Waals surface area (Å²) >= 11 is 0. The number of methoxy groups -OCH3 is 1. The molecule has 0 bridgehead atoms. The van der Waals surface area contributed by atoms with E-state index in [0.29, 0.717) is 11.6 Å². The van der Waals surface area contributed by atoms with Crippen molar-refractivity contribution in [2.75, 3.05) is 7.11 Å². The minimum absolute atomic E-state index is 0.411. The average Bonchev–Trinajstić information content (AvgIpc) is 2.18. The van der Waals surface area contributed by atoms with Gasteiger partial charge >= 0.3 is 0 Å². The van der Waals surface area contributed by atoms with Gasteiger partial charge < -0.3 is 9.84 Å². The Balaban J connectivity index is 3.10. The summed E-state index contributed by atoms with van der Waals surface area (Å²) in [5, 5.41) is 9.66. The second-order valence-electron chi connectivity index (χ2n) is 2.78. The van der Waals surface area contributed by atoms with Gasteiger partial charge in [-0.3, -0.25) is 0 Å². The van der Waals surface area contributed by atoms with Crippen molar-refractivity contribution in [2.45, 2.75) is 12.5 Å². The first-order chi connectivity index (χ1) is 6.10. The first kappa shape index (κ1) is 9.56. The van der Waals surface area contributed by atoms with Crippen LogP contribution in [-0.4, -0.2) is 17.2 Å². The predicted octanol–water partition coefficient (Wildman–Crippen LogP) is 0.931.